The minimum absolute atomic E-state index is 1.25. The Morgan fingerprint density at radius 3 is 1.41 bits per heavy atom. The second-order valence-electron chi connectivity index (χ2n) is 6.94. The maximum absolute atomic E-state index is 2.36. The summed E-state index contributed by atoms with van der Waals surface area (Å²) in [5, 5.41) is 0. The summed E-state index contributed by atoms with van der Waals surface area (Å²) in [6, 6.07) is 32.9. The van der Waals surface area contributed by atoms with E-state index >= 15 is 0 Å². The molecule has 0 aliphatic rings. The molecule has 0 saturated heterocycles. The maximum Gasteiger partial charge on any atom is 0.0130 e. The van der Waals surface area contributed by atoms with Crippen molar-refractivity contribution in [3.8, 4) is 33.4 Å². The summed E-state index contributed by atoms with van der Waals surface area (Å²) in [4.78, 5) is 0. The Bertz CT molecular complexity index is 1030. The van der Waals surface area contributed by atoms with Gasteiger partial charge in [0.25, 0.3) is 0 Å². The highest BCUT2D eigenvalue weighted by Crippen LogP contribution is 2.35. The van der Waals surface area contributed by atoms with Crippen LogP contribution in [0.15, 0.2) is 91.0 Å². The summed E-state index contributed by atoms with van der Waals surface area (Å²) in [5.41, 5.74) is 10.2. The van der Waals surface area contributed by atoms with Crippen LogP contribution in [0.3, 0.4) is 0 Å². The third-order valence-corrected chi connectivity index (χ3v) is 5.74. The second kappa shape index (κ2) is 7.69. The number of rotatable bonds is 3. The standard InChI is InChI=1S/C26H21I/c1-18-7-3-5-9-25(18)22-15-21(20-11-13-24(27)14-12-20)16-23(17-22)26-10-6-4-8-19(26)2/h3-17H,1-2H3. The fraction of sp³-hybridized carbons (Fsp3) is 0.0769. The average Bonchev–Trinajstić information content (AvgIpc) is 2.69. The molecule has 0 nitrogen and oxygen atoms in total. The van der Waals surface area contributed by atoms with Gasteiger partial charge in [0.2, 0.25) is 0 Å². The van der Waals surface area contributed by atoms with Gasteiger partial charge in [-0.2, -0.15) is 0 Å². The molecule has 0 amide bonds. The zero-order valence-electron chi connectivity index (χ0n) is 15.5. The number of aryl methyl sites for hydroxylation is 2. The average molecular weight is 460 g/mol. The molecular formula is C26H21I. The van der Waals surface area contributed by atoms with Crippen molar-refractivity contribution in [2.75, 3.05) is 0 Å². The molecular weight excluding hydrogens is 439 g/mol. The van der Waals surface area contributed by atoms with Crippen LogP contribution in [0, 0.1) is 17.4 Å². The van der Waals surface area contributed by atoms with Gasteiger partial charge in [0.05, 0.1) is 0 Å². The Morgan fingerprint density at radius 1 is 0.481 bits per heavy atom. The van der Waals surface area contributed by atoms with Crippen LogP contribution in [-0.4, -0.2) is 0 Å². The molecule has 27 heavy (non-hydrogen) atoms. The molecule has 0 atom stereocenters. The van der Waals surface area contributed by atoms with E-state index in [0.29, 0.717) is 0 Å². The first-order valence-corrected chi connectivity index (χ1v) is 10.2. The van der Waals surface area contributed by atoms with Crippen molar-refractivity contribution < 1.29 is 0 Å². The first-order valence-electron chi connectivity index (χ1n) is 9.15. The Hall–Kier alpha value is -2.39. The van der Waals surface area contributed by atoms with Crippen LogP contribution in [0.5, 0.6) is 0 Å². The van der Waals surface area contributed by atoms with Crippen LogP contribution in [0.4, 0.5) is 0 Å². The zero-order chi connectivity index (χ0) is 18.8. The monoisotopic (exact) mass is 460 g/mol. The lowest BCUT2D eigenvalue weighted by atomic mass is 9.91. The lowest BCUT2D eigenvalue weighted by Gasteiger charge is -2.14. The van der Waals surface area contributed by atoms with Crippen LogP contribution in [0.2, 0.25) is 0 Å². The number of hydrogen-bond donors (Lipinski definition) is 0. The molecule has 0 unspecified atom stereocenters. The largest absolute Gasteiger partial charge is 0.0620 e. The molecule has 4 aromatic rings. The second-order valence-corrected chi connectivity index (χ2v) is 8.18. The lowest BCUT2D eigenvalue weighted by Crippen LogP contribution is -1.89. The molecule has 0 aliphatic carbocycles. The van der Waals surface area contributed by atoms with Gasteiger partial charge in [-0.1, -0.05) is 60.7 Å². The summed E-state index contributed by atoms with van der Waals surface area (Å²) in [7, 11) is 0. The molecule has 0 fully saturated rings. The Labute approximate surface area is 175 Å². The molecule has 0 radical (unpaired) electrons. The third-order valence-electron chi connectivity index (χ3n) is 5.02. The van der Waals surface area contributed by atoms with Gasteiger partial charge in [0.15, 0.2) is 0 Å². The minimum atomic E-state index is 1.25. The lowest BCUT2D eigenvalue weighted by molar-refractivity contribution is 1.44. The molecule has 1 heteroatoms. The van der Waals surface area contributed by atoms with Gasteiger partial charge in [0, 0.05) is 3.57 Å². The molecule has 0 N–H and O–H groups in total. The topological polar surface area (TPSA) is 0 Å². The summed E-state index contributed by atoms with van der Waals surface area (Å²) < 4.78 is 1.26. The van der Waals surface area contributed by atoms with Crippen LogP contribution >= 0.6 is 22.6 Å². The predicted molar refractivity (Wildman–Crippen MR) is 125 cm³/mol. The van der Waals surface area contributed by atoms with E-state index < -0.39 is 0 Å². The summed E-state index contributed by atoms with van der Waals surface area (Å²) in [6.45, 7) is 4.36. The van der Waals surface area contributed by atoms with Gasteiger partial charge in [-0.15, -0.1) is 0 Å². The number of benzene rings is 4. The first kappa shape index (κ1) is 18.0. The smallest absolute Gasteiger partial charge is 0.0130 e. The van der Waals surface area contributed by atoms with E-state index in [1.54, 1.807) is 0 Å². The van der Waals surface area contributed by atoms with Gasteiger partial charge < -0.3 is 0 Å². The van der Waals surface area contributed by atoms with Crippen molar-refractivity contribution in [2.24, 2.45) is 0 Å². The first-order chi connectivity index (χ1) is 13.1. The van der Waals surface area contributed by atoms with Gasteiger partial charge in [0.1, 0.15) is 0 Å². The summed E-state index contributed by atoms with van der Waals surface area (Å²) >= 11 is 2.36. The van der Waals surface area contributed by atoms with Crippen LogP contribution in [-0.2, 0) is 0 Å². The molecule has 0 spiro atoms. The van der Waals surface area contributed by atoms with Crippen molar-refractivity contribution in [1.82, 2.24) is 0 Å². The molecule has 0 heterocycles. The SMILES string of the molecule is Cc1ccccc1-c1cc(-c2ccc(I)cc2)cc(-c2ccccc2C)c1. The minimum Gasteiger partial charge on any atom is -0.0620 e. The van der Waals surface area contributed by atoms with E-state index in [1.165, 1.54) is 48.1 Å². The van der Waals surface area contributed by atoms with Crippen molar-refractivity contribution in [1.29, 1.82) is 0 Å². The molecule has 132 valence electrons. The maximum atomic E-state index is 2.36. The zero-order valence-corrected chi connectivity index (χ0v) is 17.7. The van der Waals surface area contributed by atoms with Crippen molar-refractivity contribution in [2.45, 2.75) is 13.8 Å². The quantitative estimate of drug-likeness (QED) is 0.273. The van der Waals surface area contributed by atoms with E-state index in [0.717, 1.165) is 0 Å². The predicted octanol–water partition coefficient (Wildman–Crippen LogP) is 7.91. The van der Waals surface area contributed by atoms with Crippen LogP contribution < -0.4 is 0 Å². The Morgan fingerprint density at radius 2 is 0.926 bits per heavy atom. The number of hydrogen-bond acceptors (Lipinski definition) is 0. The third kappa shape index (κ3) is 3.84. The van der Waals surface area contributed by atoms with E-state index in [9.17, 15) is 0 Å². The fourth-order valence-corrected chi connectivity index (χ4v) is 3.90. The van der Waals surface area contributed by atoms with Gasteiger partial charge >= 0.3 is 0 Å². The van der Waals surface area contributed by atoms with E-state index in [1.807, 2.05) is 0 Å². The summed E-state index contributed by atoms with van der Waals surface area (Å²) in [6.07, 6.45) is 0. The molecule has 4 aromatic carbocycles. The molecule has 0 saturated carbocycles. The van der Waals surface area contributed by atoms with Gasteiger partial charge in [-0.25, -0.2) is 0 Å². The molecule has 0 aliphatic heterocycles. The fourth-order valence-electron chi connectivity index (χ4n) is 3.54. The van der Waals surface area contributed by atoms with Crippen molar-refractivity contribution >= 4 is 22.6 Å². The van der Waals surface area contributed by atoms with Gasteiger partial charge in [-0.05, 0) is 111 Å². The van der Waals surface area contributed by atoms with Crippen molar-refractivity contribution in [3.05, 3.63) is 106 Å². The molecule has 0 bridgehead atoms. The van der Waals surface area contributed by atoms with Crippen molar-refractivity contribution in [3.63, 3.8) is 0 Å². The van der Waals surface area contributed by atoms with E-state index in [4.69, 9.17) is 0 Å². The Balaban J connectivity index is 1.95. The molecule has 4 rings (SSSR count). The molecule has 0 aromatic heterocycles. The number of halogens is 1. The van der Waals surface area contributed by atoms with Gasteiger partial charge in [-0.3, -0.25) is 0 Å². The highest BCUT2D eigenvalue weighted by molar-refractivity contribution is 14.1. The van der Waals surface area contributed by atoms with Crippen LogP contribution in [0.1, 0.15) is 11.1 Å². The normalized spacial score (nSPS) is 10.8. The van der Waals surface area contributed by atoms with E-state index in [-0.39, 0.29) is 0 Å². The highest BCUT2D eigenvalue weighted by atomic mass is 127. The Kier molecular flexibility index (Phi) is 5.13. The van der Waals surface area contributed by atoms with Crippen LogP contribution in [0.25, 0.3) is 33.4 Å². The summed E-state index contributed by atoms with van der Waals surface area (Å²) in [5.74, 6) is 0. The van der Waals surface area contributed by atoms with E-state index in [2.05, 4.69) is 127 Å². The highest BCUT2D eigenvalue weighted by Gasteiger charge is 2.10.